The van der Waals surface area contributed by atoms with Crippen LogP contribution in [-0.4, -0.2) is 26.0 Å². The first-order valence-corrected chi connectivity index (χ1v) is 12.2. The molecule has 1 heterocycles. The third-order valence-electron chi connectivity index (χ3n) is 7.41. The van der Waals surface area contributed by atoms with E-state index in [1.54, 1.807) is 13.2 Å². The molecule has 0 aromatic heterocycles. The second-order valence-corrected chi connectivity index (χ2v) is 9.69. The largest absolute Gasteiger partial charge is 0.497 e. The lowest BCUT2D eigenvalue weighted by Gasteiger charge is -2.29. The third-order valence-corrected chi connectivity index (χ3v) is 7.41. The zero-order valence-corrected chi connectivity index (χ0v) is 20.8. The van der Waals surface area contributed by atoms with Crippen molar-refractivity contribution >= 4 is 19.2 Å². The van der Waals surface area contributed by atoms with Crippen molar-refractivity contribution in [3.05, 3.63) is 59.4 Å². The van der Waals surface area contributed by atoms with Crippen molar-refractivity contribution in [2.75, 3.05) is 20.3 Å². The maximum absolute atomic E-state index is 14.4. The van der Waals surface area contributed by atoms with Crippen LogP contribution >= 0.6 is 13.5 Å². The number of halogens is 1. The number of rotatable bonds is 9. The molecule has 7 heteroatoms. The molecular formula is C27H34FN3O2S. The molecule has 0 spiro atoms. The van der Waals surface area contributed by atoms with Crippen molar-refractivity contribution in [2.45, 2.75) is 56.8 Å². The van der Waals surface area contributed by atoms with E-state index in [9.17, 15) is 4.39 Å². The minimum atomic E-state index is -0.122. The van der Waals surface area contributed by atoms with Crippen LogP contribution in [0.3, 0.4) is 0 Å². The molecule has 2 aromatic rings. The highest BCUT2D eigenvalue weighted by molar-refractivity contribution is 7.59. The van der Waals surface area contributed by atoms with Crippen LogP contribution in [0.5, 0.6) is 11.5 Å². The fourth-order valence-corrected chi connectivity index (χ4v) is 5.31. The first-order valence-electron chi connectivity index (χ1n) is 12.2. The smallest absolute Gasteiger partial charge is 0.126 e. The molecule has 0 N–H and O–H groups in total. The van der Waals surface area contributed by atoms with E-state index in [1.807, 2.05) is 6.07 Å². The molecule has 0 bridgehead atoms. The number of methoxy groups -OCH3 is 1. The molecular weight excluding hydrogens is 449 g/mol. The van der Waals surface area contributed by atoms with Crippen LogP contribution in [0.4, 0.5) is 4.39 Å². The van der Waals surface area contributed by atoms with Gasteiger partial charge in [-0.05, 0) is 115 Å². The summed E-state index contributed by atoms with van der Waals surface area (Å²) in [4.78, 5) is 0. The molecule has 2 aliphatic carbocycles. The summed E-state index contributed by atoms with van der Waals surface area (Å²) >= 11 is 0. The first kappa shape index (κ1) is 24.7. The van der Waals surface area contributed by atoms with Gasteiger partial charge in [0.25, 0.3) is 0 Å². The van der Waals surface area contributed by atoms with Crippen LogP contribution in [0.25, 0.3) is 0 Å². The lowest BCUT2D eigenvalue weighted by molar-refractivity contribution is 0.199. The van der Waals surface area contributed by atoms with E-state index in [0.717, 1.165) is 67.4 Å². The predicted octanol–water partition coefficient (Wildman–Crippen LogP) is 7.01. The van der Waals surface area contributed by atoms with Gasteiger partial charge in [-0.1, -0.05) is 12.1 Å². The van der Waals surface area contributed by atoms with Gasteiger partial charge in [-0.15, -0.1) is 5.10 Å². The molecule has 0 amide bonds. The Hall–Kier alpha value is -2.41. The third kappa shape index (κ3) is 5.98. The summed E-state index contributed by atoms with van der Waals surface area (Å²) in [6, 6.07) is 13.7. The Balaban J connectivity index is 0.00000274. The number of ether oxygens (including phenoxy) is 2. The number of hydrogen-bond donors (Lipinski definition) is 0. The van der Waals surface area contributed by atoms with Crippen LogP contribution in [0.2, 0.25) is 0 Å². The Kier molecular flexibility index (Phi) is 8.24. The zero-order valence-electron chi connectivity index (χ0n) is 19.8. The fourth-order valence-electron chi connectivity index (χ4n) is 5.31. The second-order valence-electron chi connectivity index (χ2n) is 9.69. The van der Waals surface area contributed by atoms with E-state index in [4.69, 9.17) is 9.47 Å². The molecule has 1 atom stereocenters. The Morgan fingerprint density at radius 1 is 1.00 bits per heavy atom. The highest BCUT2D eigenvalue weighted by Gasteiger charge is 2.33. The molecule has 0 radical (unpaired) electrons. The predicted molar refractivity (Wildman–Crippen MR) is 137 cm³/mol. The molecule has 5 nitrogen and oxygen atoms in total. The van der Waals surface area contributed by atoms with Gasteiger partial charge in [0.2, 0.25) is 0 Å². The summed E-state index contributed by atoms with van der Waals surface area (Å²) < 4.78 is 25.9. The maximum atomic E-state index is 14.4. The van der Waals surface area contributed by atoms with Gasteiger partial charge in [0.1, 0.15) is 23.9 Å². The minimum Gasteiger partial charge on any atom is -0.497 e. The molecule has 5 rings (SSSR count). The summed E-state index contributed by atoms with van der Waals surface area (Å²) in [7, 11) is 1.63. The normalized spacial score (nSPS) is 22.6. The maximum Gasteiger partial charge on any atom is 0.126 e. The quantitative estimate of drug-likeness (QED) is 0.385. The molecule has 2 fully saturated rings. The van der Waals surface area contributed by atoms with E-state index >= 15 is 0 Å². The van der Waals surface area contributed by atoms with Gasteiger partial charge in [0, 0.05) is 0 Å². The van der Waals surface area contributed by atoms with Gasteiger partial charge in [-0.2, -0.15) is 18.6 Å². The van der Waals surface area contributed by atoms with Gasteiger partial charge in [0.15, 0.2) is 0 Å². The molecule has 0 saturated heterocycles. The lowest BCUT2D eigenvalue weighted by atomic mass is 9.79. The molecule has 2 aromatic carbocycles. The zero-order chi connectivity index (χ0) is 22.6. The monoisotopic (exact) mass is 483 g/mol. The Bertz CT molecular complexity index is 1030. The van der Waals surface area contributed by atoms with E-state index in [-0.39, 0.29) is 25.2 Å². The van der Waals surface area contributed by atoms with E-state index in [0.29, 0.717) is 18.4 Å². The van der Waals surface area contributed by atoms with E-state index in [1.165, 1.54) is 24.5 Å². The summed E-state index contributed by atoms with van der Waals surface area (Å²) in [5.74, 6) is 3.53. The van der Waals surface area contributed by atoms with Crippen LogP contribution in [0, 0.1) is 17.7 Å². The number of nitrogens with zero attached hydrogens (tertiary/aromatic N) is 3. The van der Waals surface area contributed by atoms with Crippen molar-refractivity contribution in [3.63, 3.8) is 0 Å². The van der Waals surface area contributed by atoms with Crippen molar-refractivity contribution < 1.29 is 13.9 Å². The van der Waals surface area contributed by atoms with Gasteiger partial charge in [-0.3, -0.25) is 0 Å². The number of hydrogen-bond acceptors (Lipinski definition) is 5. The second kappa shape index (κ2) is 11.3. The molecule has 2 saturated carbocycles. The average molecular weight is 484 g/mol. The van der Waals surface area contributed by atoms with Crippen LogP contribution < -0.4 is 9.47 Å². The van der Waals surface area contributed by atoms with E-state index < -0.39 is 0 Å². The van der Waals surface area contributed by atoms with Crippen LogP contribution in [-0.2, 0) is 0 Å². The average Bonchev–Trinajstić information content (AvgIpc) is 3.57. The molecule has 0 unspecified atom stereocenters. The first-order chi connectivity index (χ1) is 16.2. The van der Waals surface area contributed by atoms with Crippen molar-refractivity contribution in [1.29, 1.82) is 0 Å². The van der Waals surface area contributed by atoms with Crippen molar-refractivity contribution in [3.8, 4) is 11.5 Å². The van der Waals surface area contributed by atoms with Crippen molar-refractivity contribution in [1.82, 2.24) is 0 Å². The summed E-state index contributed by atoms with van der Waals surface area (Å²) in [6.45, 7) is 1.36. The van der Waals surface area contributed by atoms with Crippen molar-refractivity contribution in [2.24, 2.45) is 27.3 Å². The standard InChI is InChI=1S/C27H32FN3O2.H2S/c1-32-23-11-12-27(28)26(15-23)20-7-5-18(6-8-20)17-33-24-4-2-3-21(13-24)25(19-9-10-19)14-22-16-29-31-30-22;/h2-4,11-13,15,18-20,25H,5-10,14,16-17H2,1H3;1H2/t18?,20?,25-;/m0./s1. The summed E-state index contributed by atoms with van der Waals surface area (Å²) in [6.07, 6.45) is 7.59. The SMILES string of the molecule is COc1ccc(F)c(C2CCC(COc3cccc([C@@H](CC4=NN=NC4)C4CC4)c3)CC2)c1.S. The van der Waals surface area contributed by atoms with E-state index in [2.05, 4.69) is 39.7 Å². The Morgan fingerprint density at radius 3 is 2.53 bits per heavy atom. The van der Waals surface area contributed by atoms with Gasteiger partial charge in [0.05, 0.1) is 19.4 Å². The van der Waals surface area contributed by atoms with Gasteiger partial charge in [-0.25, -0.2) is 4.39 Å². The summed E-state index contributed by atoms with van der Waals surface area (Å²) in [5.41, 5.74) is 3.21. The molecule has 1 aliphatic heterocycles. The molecule has 3 aliphatic rings. The summed E-state index contributed by atoms with van der Waals surface area (Å²) in [5, 5.41) is 12.0. The lowest BCUT2D eigenvalue weighted by Crippen LogP contribution is -2.20. The Morgan fingerprint density at radius 2 is 1.82 bits per heavy atom. The van der Waals surface area contributed by atoms with Crippen LogP contribution in [0.1, 0.15) is 67.9 Å². The topological polar surface area (TPSA) is 55.5 Å². The van der Waals surface area contributed by atoms with Gasteiger partial charge < -0.3 is 9.47 Å². The Labute approximate surface area is 208 Å². The highest BCUT2D eigenvalue weighted by Crippen LogP contribution is 2.45. The highest BCUT2D eigenvalue weighted by atomic mass is 32.1. The fraction of sp³-hybridized carbons (Fsp3) is 0.519. The van der Waals surface area contributed by atoms with Gasteiger partial charge >= 0.3 is 0 Å². The molecule has 34 heavy (non-hydrogen) atoms. The molecule has 182 valence electrons. The number of benzene rings is 2. The minimum absolute atomic E-state index is 0. The van der Waals surface area contributed by atoms with Crippen LogP contribution in [0.15, 0.2) is 57.9 Å².